The molecule has 0 N–H and O–H groups in total. The predicted octanol–water partition coefficient (Wildman–Crippen LogP) is 6.46. The summed E-state index contributed by atoms with van der Waals surface area (Å²) in [5.74, 6) is 0. The molecule has 2 nitrogen and oxygen atoms in total. The fraction of sp³-hybridized carbons (Fsp3) is 0.0357. The zero-order valence-corrected chi connectivity index (χ0v) is 22.6. The molecule has 1 aliphatic heterocycles. The van der Waals surface area contributed by atoms with Crippen LogP contribution in [0.1, 0.15) is 22.3 Å². The van der Waals surface area contributed by atoms with Gasteiger partial charge in [-0.2, -0.15) is 30.3 Å². The van der Waals surface area contributed by atoms with Gasteiger partial charge in [-0.1, -0.05) is 18.2 Å². The maximum Gasteiger partial charge on any atom is 2.00 e. The largest absolute Gasteiger partial charge is 2.00 e. The first-order chi connectivity index (χ1) is 14.8. The summed E-state index contributed by atoms with van der Waals surface area (Å²) in [6.45, 7) is 3.90. The molecule has 0 fully saturated rings. The number of fused-ring (bicyclic) bond motifs is 1. The first kappa shape index (κ1) is 26.1. The Morgan fingerprint density at radius 1 is 0.812 bits per heavy atom. The Morgan fingerprint density at radius 2 is 1.50 bits per heavy atom. The van der Waals surface area contributed by atoms with Crippen LogP contribution in [0, 0.1) is 19.1 Å². The van der Waals surface area contributed by atoms with Crippen LogP contribution in [0.4, 0.5) is 11.4 Å². The molecule has 0 saturated heterocycles. The molecule has 0 bridgehead atoms. The minimum absolute atomic E-state index is 0. The second-order valence-electron chi connectivity index (χ2n) is 6.77. The Hall–Kier alpha value is -2.12. The Morgan fingerprint density at radius 3 is 2.19 bits per heavy atom. The molecule has 0 atom stereocenters. The van der Waals surface area contributed by atoms with Gasteiger partial charge in [0.2, 0.25) is 0 Å². The maximum absolute atomic E-state index is 4.61. The van der Waals surface area contributed by atoms with E-state index in [-0.39, 0.29) is 53.8 Å². The first-order valence-corrected chi connectivity index (χ1v) is 9.76. The van der Waals surface area contributed by atoms with Crippen molar-refractivity contribution in [2.24, 2.45) is 9.98 Å². The summed E-state index contributed by atoms with van der Waals surface area (Å²) < 4.78 is 0. The van der Waals surface area contributed by atoms with E-state index in [1.165, 1.54) is 5.56 Å². The van der Waals surface area contributed by atoms with E-state index in [1.807, 2.05) is 72.8 Å². The molecule has 1 heterocycles. The summed E-state index contributed by atoms with van der Waals surface area (Å²) in [6, 6.07) is 37.8. The number of aliphatic imine (C=N–C) groups is 2. The van der Waals surface area contributed by atoms with Crippen LogP contribution in [0.5, 0.6) is 0 Å². The third-order valence-corrected chi connectivity index (χ3v) is 4.63. The van der Waals surface area contributed by atoms with E-state index in [2.05, 4.69) is 59.5 Å². The van der Waals surface area contributed by atoms with Crippen molar-refractivity contribution in [2.45, 2.75) is 6.42 Å². The number of hydrogen-bond donors (Lipinski definition) is 0. The molecular weight excluding hydrogens is 648 g/mol. The van der Waals surface area contributed by atoms with E-state index in [1.54, 1.807) is 0 Å². The van der Waals surface area contributed by atoms with E-state index in [4.69, 9.17) is 0 Å². The van der Waals surface area contributed by atoms with Crippen LogP contribution in [0.25, 0.3) is 0 Å². The molecule has 0 unspecified atom stereocenters. The summed E-state index contributed by atoms with van der Waals surface area (Å²) in [4.78, 5) is 8.80. The van der Waals surface area contributed by atoms with Gasteiger partial charge >= 0.3 is 21.1 Å². The summed E-state index contributed by atoms with van der Waals surface area (Å²) in [5, 5.41) is 0. The summed E-state index contributed by atoms with van der Waals surface area (Å²) >= 11 is 0. The van der Waals surface area contributed by atoms with Crippen LogP contribution in [0.3, 0.4) is 0 Å². The smallest absolute Gasteiger partial charge is 0.392 e. The Bertz CT molecular complexity index is 1170. The average Bonchev–Trinajstić information content (AvgIpc) is 3.25. The molecule has 0 spiro atoms. The van der Waals surface area contributed by atoms with Gasteiger partial charge < -0.3 is 9.98 Å². The van der Waals surface area contributed by atoms with Crippen molar-refractivity contribution >= 4 is 23.3 Å². The van der Waals surface area contributed by atoms with Gasteiger partial charge in [-0.05, 0) is 23.8 Å². The van der Waals surface area contributed by atoms with Crippen LogP contribution < -0.4 is 0 Å². The van der Waals surface area contributed by atoms with Crippen LogP contribution in [-0.4, -0.2) is 11.9 Å². The number of para-hydroxylation sites is 2. The van der Waals surface area contributed by atoms with E-state index in [0.717, 1.165) is 40.2 Å². The first-order valence-electron chi connectivity index (χ1n) is 9.76. The quantitative estimate of drug-likeness (QED) is 0.177. The molecule has 157 valence electrons. The molecular formula is C28H20N2PtY-2. The zero-order valence-electron chi connectivity index (χ0n) is 17.4. The third kappa shape index (κ3) is 7.21. The Labute approximate surface area is 230 Å². The fourth-order valence-corrected chi connectivity index (χ4v) is 3.07. The molecule has 5 rings (SSSR count). The Kier molecular flexibility index (Phi) is 11.0. The van der Waals surface area contributed by atoms with Gasteiger partial charge in [-0.15, -0.1) is 59.9 Å². The number of benzene rings is 4. The van der Waals surface area contributed by atoms with Gasteiger partial charge in [0.1, 0.15) is 0 Å². The van der Waals surface area contributed by atoms with Crippen LogP contribution in [0.2, 0.25) is 0 Å². The minimum atomic E-state index is 0. The maximum atomic E-state index is 4.61. The molecule has 4 heteroatoms. The molecule has 0 aromatic heterocycles. The summed E-state index contributed by atoms with van der Waals surface area (Å²) in [6.07, 6.45) is 3.89. The van der Waals surface area contributed by atoms with Crippen molar-refractivity contribution in [2.75, 3.05) is 0 Å². The van der Waals surface area contributed by atoms with Gasteiger partial charge in [-0.3, -0.25) is 5.56 Å². The molecule has 1 radical (unpaired) electrons. The van der Waals surface area contributed by atoms with Crippen molar-refractivity contribution < 1.29 is 53.8 Å². The molecule has 0 amide bonds. The standard InChI is InChI=1S/2C14H10N.Pt.Y/c1-2-6-11(7-3-1)14-10-12-8-4-5-9-13(12)15-14;1-12-7-5-6-8-13(12)11-15-14-9-3-2-4-10-14;;/h1-6,8-9H,10H2;2-9H,1H2;;/q-1;-3;+2;. The molecule has 4 aromatic rings. The molecule has 1 aliphatic rings. The van der Waals surface area contributed by atoms with E-state index in [9.17, 15) is 0 Å². The van der Waals surface area contributed by atoms with E-state index in [0.29, 0.717) is 0 Å². The predicted molar refractivity (Wildman–Crippen MR) is 124 cm³/mol. The fourth-order valence-electron chi connectivity index (χ4n) is 3.07. The second-order valence-corrected chi connectivity index (χ2v) is 6.77. The number of rotatable bonds is 3. The van der Waals surface area contributed by atoms with E-state index < -0.39 is 0 Å². The molecule has 32 heavy (non-hydrogen) atoms. The molecule has 0 saturated carbocycles. The number of nitrogens with zero attached hydrogens (tertiary/aromatic N) is 2. The topological polar surface area (TPSA) is 24.7 Å². The SMILES string of the molecule is [CH2-]c1ccccc1[C-]=Nc1[c-]cccc1.[Pt+2].[Y].[c-]1ccccc1C1=Nc2ccccc2C1. The second kappa shape index (κ2) is 13.4. The summed E-state index contributed by atoms with van der Waals surface area (Å²) in [5.41, 5.74) is 7.26. The Balaban J connectivity index is 0.000000214. The van der Waals surface area contributed by atoms with Crippen molar-refractivity contribution in [1.82, 2.24) is 0 Å². The third-order valence-electron chi connectivity index (χ3n) is 4.63. The van der Waals surface area contributed by atoms with Crippen molar-refractivity contribution in [1.29, 1.82) is 0 Å². The molecule has 0 aliphatic carbocycles. The van der Waals surface area contributed by atoms with Crippen molar-refractivity contribution in [3.8, 4) is 0 Å². The normalized spacial score (nSPS) is 11.3. The van der Waals surface area contributed by atoms with Gasteiger partial charge in [0.15, 0.2) is 0 Å². The zero-order chi connectivity index (χ0) is 20.6. The van der Waals surface area contributed by atoms with Gasteiger partial charge in [0.25, 0.3) is 0 Å². The van der Waals surface area contributed by atoms with Gasteiger partial charge in [0.05, 0.1) is 5.69 Å². The van der Waals surface area contributed by atoms with Crippen LogP contribution in [0.15, 0.2) is 107 Å². The summed E-state index contributed by atoms with van der Waals surface area (Å²) in [7, 11) is 0. The molecule has 4 aromatic carbocycles. The van der Waals surface area contributed by atoms with Crippen molar-refractivity contribution in [3.63, 3.8) is 0 Å². The van der Waals surface area contributed by atoms with Crippen LogP contribution in [-0.2, 0) is 60.2 Å². The number of hydrogen-bond acceptors (Lipinski definition) is 2. The van der Waals surface area contributed by atoms with E-state index >= 15 is 0 Å². The van der Waals surface area contributed by atoms with Crippen molar-refractivity contribution in [3.05, 3.63) is 138 Å². The van der Waals surface area contributed by atoms with Gasteiger partial charge in [-0.25, -0.2) is 24.6 Å². The minimum Gasteiger partial charge on any atom is -0.392 e. The van der Waals surface area contributed by atoms with Gasteiger partial charge in [0, 0.05) is 32.7 Å². The average molecular weight is 668 g/mol. The van der Waals surface area contributed by atoms with Crippen LogP contribution >= 0.6 is 0 Å². The monoisotopic (exact) mass is 668 g/mol.